The van der Waals surface area contributed by atoms with Crippen molar-refractivity contribution in [2.24, 2.45) is 0 Å². The molecule has 4 nitrogen and oxygen atoms in total. The molecule has 0 fully saturated rings. The van der Waals surface area contributed by atoms with E-state index in [1.165, 1.54) is 6.07 Å². The minimum absolute atomic E-state index is 0.170. The maximum absolute atomic E-state index is 14.5. The highest BCUT2D eigenvalue weighted by atomic mass is 35.5. The number of carbonyl (C=O) groups excluding carboxylic acids is 3. The van der Waals surface area contributed by atoms with Crippen molar-refractivity contribution in [3.63, 3.8) is 0 Å². The van der Waals surface area contributed by atoms with Crippen LogP contribution in [-0.2, 0) is 16.0 Å². The van der Waals surface area contributed by atoms with Gasteiger partial charge in [0.1, 0.15) is 5.82 Å². The maximum Gasteiger partial charge on any atom is 0.373 e. The Labute approximate surface area is 220 Å². The van der Waals surface area contributed by atoms with Crippen LogP contribution < -0.4 is 5.32 Å². The lowest BCUT2D eigenvalue weighted by Gasteiger charge is -2.08. The highest BCUT2D eigenvalue weighted by Crippen LogP contribution is 2.22. The van der Waals surface area contributed by atoms with Crippen molar-refractivity contribution >= 4 is 23.7 Å². The first kappa shape index (κ1) is 27.1. The number of rotatable bonds is 5. The van der Waals surface area contributed by atoms with Crippen LogP contribution in [0.3, 0.4) is 0 Å². The van der Waals surface area contributed by atoms with Crippen LogP contribution in [0.25, 0.3) is 11.1 Å². The largest absolute Gasteiger partial charge is 0.373 e. The number of hydrogen-bond donors (Lipinski definition) is 1. The molecule has 184 valence electrons. The van der Waals surface area contributed by atoms with Gasteiger partial charge in [0, 0.05) is 22.7 Å². The van der Waals surface area contributed by atoms with E-state index in [0.717, 1.165) is 27.8 Å². The third-order valence-electron chi connectivity index (χ3n) is 5.43. The molecule has 0 bridgehead atoms. The number of aryl methyl sites for hydroxylation is 1. The van der Waals surface area contributed by atoms with Gasteiger partial charge in [0.15, 0.2) is 0 Å². The second-order valence-electron chi connectivity index (χ2n) is 8.11. The van der Waals surface area contributed by atoms with Gasteiger partial charge in [0.05, 0.1) is 5.56 Å². The first-order valence-corrected chi connectivity index (χ1v) is 11.8. The minimum atomic E-state index is -0.362. The molecule has 6 heteroatoms. The lowest BCUT2D eigenvalue weighted by atomic mass is 10.0. The number of hydrogen-bond acceptors (Lipinski definition) is 3. The van der Waals surface area contributed by atoms with E-state index < -0.39 is 0 Å². The van der Waals surface area contributed by atoms with Crippen LogP contribution in [0.2, 0.25) is 5.02 Å². The van der Waals surface area contributed by atoms with Crippen molar-refractivity contribution in [2.75, 3.05) is 6.54 Å². The van der Waals surface area contributed by atoms with Crippen molar-refractivity contribution in [1.29, 1.82) is 0 Å². The Morgan fingerprint density at radius 1 is 0.865 bits per heavy atom. The molecule has 4 aromatic rings. The predicted octanol–water partition coefficient (Wildman–Crippen LogP) is 6.24. The zero-order valence-corrected chi connectivity index (χ0v) is 20.8. The molecule has 0 atom stereocenters. The molecule has 0 aliphatic carbocycles. The molecular formula is C31H23ClFNO3. The molecule has 0 aliphatic heterocycles. The zero-order valence-electron chi connectivity index (χ0n) is 20.1. The Kier molecular flexibility index (Phi) is 9.93. The van der Waals surface area contributed by atoms with Crippen molar-refractivity contribution in [1.82, 2.24) is 5.32 Å². The molecule has 1 N–H and O–H groups in total. The average Bonchev–Trinajstić information content (AvgIpc) is 2.90. The third kappa shape index (κ3) is 8.30. The maximum atomic E-state index is 14.5. The summed E-state index contributed by atoms with van der Waals surface area (Å²) in [5.74, 6) is 5.35. The quantitative estimate of drug-likeness (QED) is 0.322. The summed E-state index contributed by atoms with van der Waals surface area (Å²) in [4.78, 5) is 28.9. The SMILES string of the molecule is Cc1ccc(C#Cc2ccc(CCNC(=O)c3cccc(-c4ccc(Cl)cc4)c3)cc2F)cc1.O=C=O. The van der Waals surface area contributed by atoms with Crippen molar-refractivity contribution < 1.29 is 18.8 Å². The highest BCUT2D eigenvalue weighted by Gasteiger charge is 2.08. The predicted molar refractivity (Wildman–Crippen MR) is 141 cm³/mol. The van der Waals surface area contributed by atoms with Gasteiger partial charge in [-0.05, 0) is 78.6 Å². The summed E-state index contributed by atoms with van der Waals surface area (Å²) in [7, 11) is 0. The van der Waals surface area contributed by atoms with E-state index in [1.807, 2.05) is 79.7 Å². The fourth-order valence-corrected chi connectivity index (χ4v) is 3.62. The normalized spacial score (nSPS) is 9.70. The Bertz CT molecular complexity index is 1460. The van der Waals surface area contributed by atoms with Gasteiger partial charge in [-0.3, -0.25) is 4.79 Å². The van der Waals surface area contributed by atoms with Crippen LogP contribution in [0.4, 0.5) is 4.39 Å². The first-order valence-electron chi connectivity index (χ1n) is 11.4. The van der Waals surface area contributed by atoms with Gasteiger partial charge in [0.2, 0.25) is 0 Å². The molecule has 0 heterocycles. The van der Waals surface area contributed by atoms with Crippen molar-refractivity contribution in [3.05, 3.63) is 130 Å². The minimum Gasteiger partial charge on any atom is -0.352 e. The number of nitrogens with one attached hydrogen (secondary N) is 1. The Hall–Kier alpha value is -4.49. The molecule has 1 amide bonds. The van der Waals surface area contributed by atoms with Crippen LogP contribution in [0, 0.1) is 24.6 Å². The van der Waals surface area contributed by atoms with Crippen LogP contribution in [0.15, 0.2) is 91.0 Å². The smallest absolute Gasteiger partial charge is 0.352 e. The fourth-order valence-electron chi connectivity index (χ4n) is 3.50. The van der Waals surface area contributed by atoms with Crippen molar-refractivity contribution in [2.45, 2.75) is 13.3 Å². The molecule has 0 spiro atoms. The molecule has 0 aliphatic rings. The fraction of sp³-hybridized carbons (Fsp3) is 0.0968. The highest BCUT2D eigenvalue weighted by molar-refractivity contribution is 6.30. The summed E-state index contributed by atoms with van der Waals surface area (Å²) < 4.78 is 14.5. The molecule has 37 heavy (non-hydrogen) atoms. The summed E-state index contributed by atoms with van der Waals surface area (Å²) in [6, 6.07) is 27.7. The van der Waals surface area contributed by atoms with E-state index in [0.29, 0.717) is 29.1 Å². The van der Waals surface area contributed by atoms with E-state index >= 15 is 0 Å². The summed E-state index contributed by atoms with van der Waals surface area (Å²) in [6.45, 7) is 2.41. The molecule has 0 aromatic heterocycles. The Balaban J connectivity index is 0.00000121. The second-order valence-corrected chi connectivity index (χ2v) is 8.54. The Morgan fingerprint density at radius 3 is 2.24 bits per heavy atom. The van der Waals surface area contributed by atoms with Gasteiger partial charge in [-0.25, -0.2) is 4.39 Å². The monoisotopic (exact) mass is 511 g/mol. The summed E-state index contributed by atoms with van der Waals surface area (Å²) in [6.07, 6.45) is 0.769. The number of halogens is 2. The number of benzene rings is 4. The third-order valence-corrected chi connectivity index (χ3v) is 5.68. The lowest BCUT2D eigenvalue weighted by Crippen LogP contribution is -2.25. The van der Waals surface area contributed by atoms with Crippen LogP contribution >= 0.6 is 11.6 Å². The number of carbonyl (C=O) groups is 1. The summed E-state index contributed by atoms with van der Waals surface area (Å²) in [5.41, 5.74) is 5.65. The van der Waals surface area contributed by atoms with Crippen LogP contribution in [-0.4, -0.2) is 18.6 Å². The molecule has 0 radical (unpaired) electrons. The van der Waals surface area contributed by atoms with Gasteiger partial charge < -0.3 is 5.32 Å². The van der Waals surface area contributed by atoms with Gasteiger partial charge in [-0.1, -0.05) is 71.5 Å². The zero-order chi connectivity index (χ0) is 26.6. The molecule has 0 saturated heterocycles. The number of amides is 1. The molecule has 0 unspecified atom stereocenters. The van der Waals surface area contributed by atoms with Crippen LogP contribution in [0.1, 0.15) is 32.6 Å². The summed E-state index contributed by atoms with van der Waals surface area (Å²) in [5, 5.41) is 3.58. The van der Waals surface area contributed by atoms with E-state index in [4.69, 9.17) is 21.2 Å². The molecule has 4 aromatic carbocycles. The van der Waals surface area contributed by atoms with Crippen molar-refractivity contribution in [3.8, 4) is 23.0 Å². The van der Waals surface area contributed by atoms with Gasteiger partial charge >= 0.3 is 6.15 Å². The molecular weight excluding hydrogens is 489 g/mol. The summed E-state index contributed by atoms with van der Waals surface area (Å²) >= 11 is 5.96. The van der Waals surface area contributed by atoms with Crippen LogP contribution in [0.5, 0.6) is 0 Å². The molecule has 0 saturated carbocycles. The topological polar surface area (TPSA) is 63.2 Å². The van der Waals surface area contributed by atoms with E-state index in [1.54, 1.807) is 12.1 Å². The standard InChI is InChI=1S/C30H23ClFNO.CO2/c1-21-5-7-22(8-6-21)9-11-25-12-10-23(19-29(25)32)17-18-33-30(34)27-4-2-3-26(20-27)24-13-15-28(31)16-14-24;2-1-3/h2-8,10,12-16,19-20H,17-18H2,1H3,(H,33,34);. The molecule has 4 rings (SSSR count). The van der Waals surface area contributed by atoms with E-state index in [2.05, 4.69) is 17.2 Å². The lowest BCUT2D eigenvalue weighted by molar-refractivity contribution is -0.191. The van der Waals surface area contributed by atoms with E-state index in [9.17, 15) is 9.18 Å². The van der Waals surface area contributed by atoms with Gasteiger partial charge in [0.25, 0.3) is 5.91 Å². The Morgan fingerprint density at radius 2 is 1.57 bits per heavy atom. The average molecular weight is 512 g/mol. The van der Waals surface area contributed by atoms with E-state index in [-0.39, 0.29) is 17.9 Å². The second kappa shape index (κ2) is 13.6. The van der Waals surface area contributed by atoms with Gasteiger partial charge in [-0.2, -0.15) is 9.59 Å². The first-order chi connectivity index (χ1) is 17.9. The van der Waals surface area contributed by atoms with Gasteiger partial charge in [-0.15, -0.1) is 0 Å².